The van der Waals surface area contributed by atoms with Crippen LogP contribution < -0.4 is 15.2 Å². The van der Waals surface area contributed by atoms with E-state index in [9.17, 15) is 5.11 Å². The minimum absolute atomic E-state index is 0.320. The van der Waals surface area contributed by atoms with E-state index >= 15 is 0 Å². The van der Waals surface area contributed by atoms with Gasteiger partial charge in [-0.05, 0) is 13.0 Å². The molecule has 96 valence electrons. The average molecular weight is 260 g/mol. The smallest absolute Gasteiger partial charge is 0.165 e. The average Bonchev–Trinajstić information content (AvgIpc) is 2.29. The highest BCUT2D eigenvalue weighted by molar-refractivity contribution is 6.30. The molecule has 0 aromatic heterocycles. The molecular formula is C12H18ClNO3. The fourth-order valence-corrected chi connectivity index (χ4v) is 1.65. The summed E-state index contributed by atoms with van der Waals surface area (Å²) >= 11 is 5.93. The van der Waals surface area contributed by atoms with E-state index in [1.54, 1.807) is 26.2 Å². The second kappa shape index (κ2) is 6.69. The molecule has 5 heteroatoms. The SMILES string of the molecule is COc1cc(Cl)cc(CN)c1OCCC(C)O. The van der Waals surface area contributed by atoms with Crippen molar-refractivity contribution in [2.75, 3.05) is 13.7 Å². The monoisotopic (exact) mass is 259 g/mol. The molecular weight excluding hydrogens is 242 g/mol. The molecule has 17 heavy (non-hydrogen) atoms. The molecule has 0 aliphatic heterocycles. The molecule has 3 N–H and O–H groups in total. The van der Waals surface area contributed by atoms with Crippen molar-refractivity contribution in [3.05, 3.63) is 22.7 Å². The fraction of sp³-hybridized carbons (Fsp3) is 0.500. The Morgan fingerprint density at radius 2 is 2.18 bits per heavy atom. The molecule has 1 unspecified atom stereocenters. The third kappa shape index (κ3) is 4.07. The number of ether oxygens (including phenoxy) is 2. The van der Waals surface area contributed by atoms with E-state index < -0.39 is 6.10 Å². The third-order valence-corrected chi connectivity index (χ3v) is 2.54. The third-order valence-electron chi connectivity index (χ3n) is 2.32. The lowest BCUT2D eigenvalue weighted by Gasteiger charge is -2.15. The van der Waals surface area contributed by atoms with E-state index in [1.165, 1.54) is 0 Å². The number of hydrogen-bond donors (Lipinski definition) is 2. The van der Waals surface area contributed by atoms with Gasteiger partial charge in [0.2, 0.25) is 0 Å². The zero-order valence-electron chi connectivity index (χ0n) is 10.1. The first-order chi connectivity index (χ1) is 8.08. The summed E-state index contributed by atoms with van der Waals surface area (Å²) in [5.74, 6) is 1.16. The van der Waals surface area contributed by atoms with Gasteiger partial charge in [0, 0.05) is 29.6 Å². The predicted octanol–water partition coefficient (Wildman–Crippen LogP) is 1.96. The summed E-state index contributed by atoms with van der Waals surface area (Å²) in [7, 11) is 1.55. The zero-order chi connectivity index (χ0) is 12.8. The highest BCUT2D eigenvalue weighted by atomic mass is 35.5. The fourth-order valence-electron chi connectivity index (χ4n) is 1.42. The van der Waals surface area contributed by atoms with Gasteiger partial charge < -0.3 is 20.3 Å². The van der Waals surface area contributed by atoms with Crippen molar-refractivity contribution < 1.29 is 14.6 Å². The van der Waals surface area contributed by atoms with E-state index in [2.05, 4.69) is 0 Å². The summed E-state index contributed by atoms with van der Waals surface area (Å²) in [5.41, 5.74) is 6.42. The van der Waals surface area contributed by atoms with Crippen LogP contribution in [0.4, 0.5) is 0 Å². The van der Waals surface area contributed by atoms with Gasteiger partial charge in [-0.3, -0.25) is 0 Å². The van der Waals surface area contributed by atoms with Gasteiger partial charge in [0.1, 0.15) is 0 Å². The van der Waals surface area contributed by atoms with Crippen LogP contribution in [0.15, 0.2) is 12.1 Å². The molecule has 0 bridgehead atoms. The second-order valence-electron chi connectivity index (χ2n) is 3.79. The lowest BCUT2D eigenvalue weighted by molar-refractivity contribution is 0.153. The van der Waals surface area contributed by atoms with Crippen LogP contribution in [-0.2, 0) is 6.54 Å². The summed E-state index contributed by atoms with van der Waals surface area (Å²) in [6.07, 6.45) is 0.158. The van der Waals surface area contributed by atoms with Crippen LogP contribution in [0.2, 0.25) is 5.02 Å². The molecule has 0 saturated heterocycles. The predicted molar refractivity (Wildman–Crippen MR) is 67.7 cm³/mol. The van der Waals surface area contributed by atoms with Crippen molar-refractivity contribution in [3.63, 3.8) is 0 Å². The number of benzene rings is 1. The van der Waals surface area contributed by atoms with Gasteiger partial charge in [0.25, 0.3) is 0 Å². The molecule has 1 rings (SSSR count). The van der Waals surface area contributed by atoms with Crippen molar-refractivity contribution in [1.29, 1.82) is 0 Å². The van der Waals surface area contributed by atoms with Gasteiger partial charge in [-0.25, -0.2) is 0 Å². The first-order valence-corrected chi connectivity index (χ1v) is 5.83. The normalized spacial score (nSPS) is 12.3. The largest absolute Gasteiger partial charge is 0.493 e. The Morgan fingerprint density at radius 3 is 2.71 bits per heavy atom. The van der Waals surface area contributed by atoms with Crippen LogP contribution in [0.1, 0.15) is 18.9 Å². The zero-order valence-corrected chi connectivity index (χ0v) is 10.8. The summed E-state index contributed by atoms with van der Waals surface area (Å²) in [6.45, 7) is 2.44. The van der Waals surface area contributed by atoms with Crippen molar-refractivity contribution in [2.45, 2.75) is 26.0 Å². The number of aliphatic hydroxyl groups excluding tert-OH is 1. The quantitative estimate of drug-likeness (QED) is 0.820. The minimum atomic E-state index is -0.394. The van der Waals surface area contributed by atoms with E-state index in [4.69, 9.17) is 26.8 Å². The van der Waals surface area contributed by atoms with E-state index in [0.717, 1.165) is 5.56 Å². The van der Waals surface area contributed by atoms with Crippen LogP contribution in [0.25, 0.3) is 0 Å². The van der Waals surface area contributed by atoms with Crippen molar-refractivity contribution in [3.8, 4) is 11.5 Å². The van der Waals surface area contributed by atoms with Crippen molar-refractivity contribution >= 4 is 11.6 Å². The maximum Gasteiger partial charge on any atom is 0.165 e. The number of nitrogens with two attached hydrogens (primary N) is 1. The molecule has 0 aliphatic carbocycles. The highest BCUT2D eigenvalue weighted by Crippen LogP contribution is 2.34. The lowest BCUT2D eigenvalue weighted by Crippen LogP contribution is -2.10. The minimum Gasteiger partial charge on any atom is -0.493 e. The standard InChI is InChI=1S/C12H18ClNO3/c1-8(15)3-4-17-12-9(7-14)5-10(13)6-11(12)16-2/h5-6,8,15H,3-4,7,14H2,1-2H3. The molecule has 1 aromatic carbocycles. The van der Waals surface area contributed by atoms with Crippen LogP contribution in [-0.4, -0.2) is 24.9 Å². The maximum atomic E-state index is 9.17. The molecule has 0 spiro atoms. The van der Waals surface area contributed by atoms with Gasteiger partial charge in [0.05, 0.1) is 19.8 Å². The van der Waals surface area contributed by atoms with Crippen LogP contribution in [0, 0.1) is 0 Å². The van der Waals surface area contributed by atoms with Crippen molar-refractivity contribution in [2.24, 2.45) is 5.73 Å². The van der Waals surface area contributed by atoms with E-state index in [1.807, 2.05) is 0 Å². The molecule has 0 amide bonds. The summed E-state index contributed by atoms with van der Waals surface area (Å²) in [4.78, 5) is 0. The van der Waals surface area contributed by atoms with Crippen LogP contribution in [0.5, 0.6) is 11.5 Å². The lowest BCUT2D eigenvalue weighted by atomic mass is 10.2. The summed E-state index contributed by atoms with van der Waals surface area (Å²) < 4.78 is 10.8. The molecule has 1 atom stereocenters. The van der Waals surface area contributed by atoms with Gasteiger partial charge in [-0.2, -0.15) is 0 Å². The number of aliphatic hydroxyl groups is 1. The Hall–Kier alpha value is -0.970. The number of methoxy groups -OCH3 is 1. The molecule has 1 aromatic rings. The van der Waals surface area contributed by atoms with Crippen molar-refractivity contribution in [1.82, 2.24) is 0 Å². The summed E-state index contributed by atoms with van der Waals surface area (Å²) in [6, 6.07) is 3.43. The molecule has 0 fully saturated rings. The Balaban J connectivity index is 2.87. The van der Waals surface area contributed by atoms with Crippen LogP contribution in [0.3, 0.4) is 0 Å². The Morgan fingerprint density at radius 1 is 1.47 bits per heavy atom. The van der Waals surface area contributed by atoms with Crippen LogP contribution >= 0.6 is 11.6 Å². The number of rotatable bonds is 6. The summed E-state index contributed by atoms with van der Waals surface area (Å²) in [5, 5.41) is 9.73. The number of hydrogen-bond acceptors (Lipinski definition) is 4. The Bertz CT molecular complexity index is 344. The maximum absolute atomic E-state index is 9.17. The van der Waals surface area contributed by atoms with Gasteiger partial charge >= 0.3 is 0 Å². The van der Waals surface area contributed by atoms with E-state index in [0.29, 0.717) is 36.1 Å². The van der Waals surface area contributed by atoms with Gasteiger partial charge in [-0.15, -0.1) is 0 Å². The Labute approximate surface area is 106 Å². The van der Waals surface area contributed by atoms with E-state index in [-0.39, 0.29) is 0 Å². The molecule has 0 heterocycles. The van der Waals surface area contributed by atoms with Gasteiger partial charge in [0.15, 0.2) is 11.5 Å². The molecule has 4 nitrogen and oxygen atoms in total. The van der Waals surface area contributed by atoms with Gasteiger partial charge in [-0.1, -0.05) is 11.6 Å². The molecule has 0 radical (unpaired) electrons. The highest BCUT2D eigenvalue weighted by Gasteiger charge is 2.12. The molecule has 0 saturated carbocycles. The first-order valence-electron chi connectivity index (χ1n) is 5.45. The topological polar surface area (TPSA) is 64.7 Å². The second-order valence-corrected chi connectivity index (χ2v) is 4.22. The Kier molecular flexibility index (Phi) is 5.55. The first kappa shape index (κ1) is 14.1. The number of halogens is 1. The molecule has 0 aliphatic rings.